The van der Waals surface area contributed by atoms with E-state index in [0.29, 0.717) is 39.1 Å². The van der Waals surface area contributed by atoms with Crippen LogP contribution in [0.3, 0.4) is 0 Å². The number of rotatable bonds is 13. The minimum atomic E-state index is -1.03. The van der Waals surface area contributed by atoms with Crippen molar-refractivity contribution in [3.05, 3.63) is 90.5 Å². The Hall–Kier alpha value is -3.13. The molecule has 0 aliphatic carbocycles. The first-order chi connectivity index (χ1) is 25.9. The lowest BCUT2D eigenvalue weighted by Gasteiger charge is -2.46. The summed E-state index contributed by atoms with van der Waals surface area (Å²) in [7, 11) is 1.64. The molecule has 54 heavy (non-hydrogen) atoms. The molecule has 296 valence electrons. The number of carbonyl (C=O) groups excluding carboxylic acids is 1. The minimum Gasteiger partial charge on any atom is -0.497 e. The first kappa shape index (κ1) is 40.5. The standard InChI is InChI=1S/C43H58O11/c1-8-31-32(21-22-33-37(50-31)27-49-43(5,6)53-33)51-36(41(44)54-42(2,3)4)24-35-39(47-26-29-17-19-30(45-7)20-18-29)40(48-25-28-14-10-9-11-15-28)38-34(52-35)16-12-13-23-46-38/h8-15,17-20,31-40H,1,16,21-27H2,2-7H3/t31-,32+,33-,34-,35+,36-,37+,38-,39+,40+/m0/s1. The van der Waals surface area contributed by atoms with Crippen molar-refractivity contribution in [3.63, 3.8) is 0 Å². The molecular formula is C43H58O11. The van der Waals surface area contributed by atoms with Gasteiger partial charge in [0.15, 0.2) is 11.9 Å². The van der Waals surface area contributed by atoms with Gasteiger partial charge in [0.2, 0.25) is 0 Å². The van der Waals surface area contributed by atoms with Crippen LogP contribution >= 0.6 is 0 Å². The fourth-order valence-electron chi connectivity index (χ4n) is 7.48. The molecule has 2 aromatic carbocycles. The number of benzene rings is 2. The molecule has 0 unspecified atom stereocenters. The quantitative estimate of drug-likeness (QED) is 0.162. The molecule has 4 heterocycles. The van der Waals surface area contributed by atoms with Crippen molar-refractivity contribution in [2.24, 2.45) is 0 Å². The highest BCUT2D eigenvalue weighted by molar-refractivity contribution is 5.75. The molecule has 4 aliphatic rings. The van der Waals surface area contributed by atoms with Gasteiger partial charge in [0.05, 0.1) is 58.0 Å². The molecule has 6 rings (SSSR count). The number of carbonyl (C=O) groups is 1. The van der Waals surface area contributed by atoms with E-state index in [1.54, 1.807) is 13.2 Å². The van der Waals surface area contributed by atoms with Crippen LogP contribution in [0.15, 0.2) is 79.4 Å². The van der Waals surface area contributed by atoms with Gasteiger partial charge in [0.25, 0.3) is 0 Å². The van der Waals surface area contributed by atoms with Crippen LogP contribution in [0.4, 0.5) is 0 Å². The van der Waals surface area contributed by atoms with Crippen LogP contribution in [0.25, 0.3) is 0 Å². The summed E-state index contributed by atoms with van der Waals surface area (Å²) in [5.74, 6) is -0.462. The first-order valence-electron chi connectivity index (χ1n) is 19.2. The summed E-state index contributed by atoms with van der Waals surface area (Å²) in [5, 5.41) is 0. The van der Waals surface area contributed by atoms with Crippen molar-refractivity contribution >= 4 is 5.97 Å². The molecule has 0 bridgehead atoms. The molecule has 11 nitrogen and oxygen atoms in total. The predicted octanol–water partition coefficient (Wildman–Crippen LogP) is 6.65. The lowest BCUT2D eigenvalue weighted by atomic mass is 9.90. The van der Waals surface area contributed by atoms with E-state index >= 15 is 0 Å². The highest BCUT2D eigenvalue weighted by Crippen LogP contribution is 2.37. The van der Waals surface area contributed by atoms with Crippen molar-refractivity contribution in [2.75, 3.05) is 20.3 Å². The maximum Gasteiger partial charge on any atom is 0.335 e. The monoisotopic (exact) mass is 750 g/mol. The summed E-state index contributed by atoms with van der Waals surface area (Å²) < 4.78 is 63.7. The van der Waals surface area contributed by atoms with Gasteiger partial charge in [-0.2, -0.15) is 0 Å². The fourth-order valence-corrected chi connectivity index (χ4v) is 7.48. The molecular weight excluding hydrogens is 692 g/mol. The van der Waals surface area contributed by atoms with Crippen LogP contribution in [0, 0.1) is 0 Å². The minimum absolute atomic E-state index is 0.139. The van der Waals surface area contributed by atoms with Gasteiger partial charge in [-0.15, -0.1) is 6.58 Å². The van der Waals surface area contributed by atoms with Crippen LogP contribution in [0.2, 0.25) is 0 Å². The third kappa shape index (κ3) is 10.8. The summed E-state index contributed by atoms with van der Waals surface area (Å²) in [5.41, 5.74) is 1.21. The van der Waals surface area contributed by atoms with Crippen molar-refractivity contribution in [1.29, 1.82) is 0 Å². The molecule has 0 aromatic heterocycles. The number of ether oxygens (including phenoxy) is 10. The van der Waals surface area contributed by atoms with Gasteiger partial charge in [-0.3, -0.25) is 0 Å². The van der Waals surface area contributed by atoms with Crippen molar-refractivity contribution in [1.82, 2.24) is 0 Å². The average Bonchev–Trinajstić information content (AvgIpc) is 3.48. The van der Waals surface area contributed by atoms with E-state index in [9.17, 15) is 4.79 Å². The smallest absolute Gasteiger partial charge is 0.335 e. The Labute approximate surface area is 320 Å². The molecule has 0 spiro atoms. The average molecular weight is 751 g/mol. The summed E-state index contributed by atoms with van der Waals surface area (Å²) >= 11 is 0. The van der Waals surface area contributed by atoms with E-state index in [2.05, 4.69) is 12.7 Å². The molecule has 0 N–H and O–H groups in total. The molecule has 4 aliphatic heterocycles. The number of esters is 1. The molecule has 11 heteroatoms. The Morgan fingerprint density at radius 2 is 1.65 bits per heavy atom. The Bertz CT molecular complexity index is 1520. The van der Waals surface area contributed by atoms with E-state index in [1.807, 2.05) is 95.3 Å². The van der Waals surface area contributed by atoms with Gasteiger partial charge >= 0.3 is 5.97 Å². The Morgan fingerprint density at radius 1 is 0.926 bits per heavy atom. The Balaban J connectivity index is 1.30. The van der Waals surface area contributed by atoms with Crippen LogP contribution in [-0.2, 0) is 60.6 Å². The zero-order valence-corrected chi connectivity index (χ0v) is 32.6. The van der Waals surface area contributed by atoms with Crippen LogP contribution in [0.5, 0.6) is 5.75 Å². The molecule has 10 atom stereocenters. The zero-order valence-electron chi connectivity index (χ0n) is 32.6. The van der Waals surface area contributed by atoms with Crippen LogP contribution in [0.1, 0.15) is 71.4 Å². The van der Waals surface area contributed by atoms with E-state index in [-0.39, 0.29) is 31.3 Å². The fraction of sp³-hybridized carbons (Fsp3) is 0.605. The third-order valence-corrected chi connectivity index (χ3v) is 10.1. The van der Waals surface area contributed by atoms with Gasteiger partial charge in [0.1, 0.15) is 41.9 Å². The highest BCUT2D eigenvalue weighted by Gasteiger charge is 2.50. The Kier molecular flexibility index (Phi) is 13.7. The van der Waals surface area contributed by atoms with Gasteiger partial charge < -0.3 is 47.4 Å². The highest BCUT2D eigenvalue weighted by atomic mass is 16.7. The molecule has 3 saturated heterocycles. The Morgan fingerprint density at radius 3 is 2.35 bits per heavy atom. The largest absolute Gasteiger partial charge is 0.497 e. The second-order valence-electron chi connectivity index (χ2n) is 15.9. The predicted molar refractivity (Wildman–Crippen MR) is 201 cm³/mol. The number of hydrogen-bond donors (Lipinski definition) is 0. The lowest BCUT2D eigenvalue weighted by Crippen LogP contribution is -2.60. The molecule has 3 fully saturated rings. The molecule has 0 saturated carbocycles. The van der Waals surface area contributed by atoms with E-state index in [4.69, 9.17) is 47.4 Å². The van der Waals surface area contributed by atoms with E-state index in [0.717, 1.165) is 16.9 Å². The van der Waals surface area contributed by atoms with Crippen molar-refractivity contribution in [3.8, 4) is 5.75 Å². The maximum absolute atomic E-state index is 14.2. The van der Waals surface area contributed by atoms with E-state index in [1.165, 1.54) is 0 Å². The van der Waals surface area contributed by atoms with E-state index < -0.39 is 60.1 Å². The zero-order chi connectivity index (χ0) is 38.3. The summed E-state index contributed by atoms with van der Waals surface area (Å²) in [4.78, 5) is 14.2. The van der Waals surface area contributed by atoms with Gasteiger partial charge in [-0.25, -0.2) is 4.79 Å². The molecule has 0 radical (unpaired) electrons. The molecule has 0 amide bonds. The number of hydrogen-bond acceptors (Lipinski definition) is 11. The van der Waals surface area contributed by atoms with Gasteiger partial charge in [-0.1, -0.05) is 60.7 Å². The third-order valence-electron chi connectivity index (χ3n) is 10.1. The maximum atomic E-state index is 14.2. The van der Waals surface area contributed by atoms with Crippen molar-refractivity contribution in [2.45, 2.75) is 146 Å². The normalized spacial score (nSPS) is 31.6. The summed E-state index contributed by atoms with van der Waals surface area (Å²) in [6.45, 7) is 14.8. The topological polar surface area (TPSA) is 109 Å². The summed E-state index contributed by atoms with van der Waals surface area (Å²) in [6.07, 6.45) is 2.67. The second-order valence-corrected chi connectivity index (χ2v) is 15.9. The first-order valence-corrected chi connectivity index (χ1v) is 19.2. The number of fused-ring (bicyclic) bond motifs is 2. The lowest BCUT2D eigenvalue weighted by molar-refractivity contribution is -0.311. The number of methoxy groups -OCH3 is 1. The van der Waals surface area contributed by atoms with Crippen LogP contribution in [-0.4, -0.2) is 98.7 Å². The van der Waals surface area contributed by atoms with Gasteiger partial charge in [-0.05, 0) is 77.1 Å². The summed E-state index contributed by atoms with van der Waals surface area (Å²) in [6, 6.07) is 17.8. The van der Waals surface area contributed by atoms with Crippen LogP contribution < -0.4 is 4.74 Å². The van der Waals surface area contributed by atoms with Crippen molar-refractivity contribution < 1.29 is 52.2 Å². The second kappa shape index (κ2) is 18.2. The molecule has 2 aromatic rings. The van der Waals surface area contributed by atoms with Gasteiger partial charge in [0, 0.05) is 6.42 Å². The SMILES string of the molecule is C=C[C@@H]1O[C@@H]2COC(C)(C)O[C@H]2CC[C@H]1O[C@@H](C[C@H]1O[C@H]2CC=CCO[C@@H]2[C@@H](OCc2ccccc2)[C@@H]1OCc1ccc(OC)cc1)C(=O)OC(C)(C)C.